The molecular formula is C21H17ClN4O3S. The van der Waals surface area contributed by atoms with E-state index < -0.39 is 0 Å². The summed E-state index contributed by atoms with van der Waals surface area (Å²) in [7, 11) is 0. The highest BCUT2D eigenvalue weighted by Gasteiger charge is 2.11. The third kappa shape index (κ3) is 4.34. The minimum atomic E-state index is -0.366. The van der Waals surface area contributed by atoms with E-state index in [9.17, 15) is 14.4 Å². The average Bonchev–Trinajstić information content (AvgIpc) is 3.18. The number of fused-ring (bicyclic) bond motifs is 1. The number of aryl methyl sites for hydroxylation is 1. The lowest BCUT2D eigenvalue weighted by atomic mass is 10.1. The molecule has 9 heteroatoms. The molecule has 4 rings (SSSR count). The van der Waals surface area contributed by atoms with E-state index in [-0.39, 0.29) is 30.0 Å². The van der Waals surface area contributed by atoms with Gasteiger partial charge in [0.2, 0.25) is 5.91 Å². The van der Waals surface area contributed by atoms with E-state index in [2.05, 4.69) is 15.4 Å². The number of anilines is 1. The van der Waals surface area contributed by atoms with Gasteiger partial charge in [0.1, 0.15) is 0 Å². The predicted octanol–water partition coefficient (Wildman–Crippen LogP) is 3.42. The van der Waals surface area contributed by atoms with Crippen LogP contribution in [0.1, 0.15) is 16.9 Å². The Morgan fingerprint density at radius 1 is 1.10 bits per heavy atom. The molecule has 0 radical (unpaired) electrons. The van der Waals surface area contributed by atoms with Crippen molar-refractivity contribution in [3.05, 3.63) is 90.9 Å². The molecule has 0 aliphatic rings. The smallest absolute Gasteiger partial charge is 0.273 e. The molecule has 1 amide bonds. The van der Waals surface area contributed by atoms with Crippen LogP contribution in [0.2, 0.25) is 5.02 Å². The average molecular weight is 441 g/mol. The van der Waals surface area contributed by atoms with E-state index in [0.717, 1.165) is 15.1 Å². The zero-order valence-corrected chi connectivity index (χ0v) is 17.3. The highest BCUT2D eigenvalue weighted by molar-refractivity contribution is 7.15. The van der Waals surface area contributed by atoms with Gasteiger partial charge in [-0.15, -0.1) is 11.3 Å². The number of hydrogen-bond donors (Lipinski definition) is 2. The second kappa shape index (κ2) is 8.64. The van der Waals surface area contributed by atoms with Crippen molar-refractivity contribution in [1.82, 2.24) is 14.8 Å². The van der Waals surface area contributed by atoms with Crippen molar-refractivity contribution in [2.45, 2.75) is 19.4 Å². The van der Waals surface area contributed by atoms with Gasteiger partial charge in [-0.3, -0.25) is 19.5 Å². The van der Waals surface area contributed by atoms with Crippen LogP contribution >= 0.6 is 22.9 Å². The Morgan fingerprint density at radius 3 is 2.63 bits per heavy atom. The quantitative estimate of drug-likeness (QED) is 0.480. The van der Waals surface area contributed by atoms with Crippen LogP contribution in [0.5, 0.6) is 0 Å². The van der Waals surface area contributed by atoms with Gasteiger partial charge >= 0.3 is 0 Å². The number of nitrogens with one attached hydrogen (secondary N) is 2. The zero-order chi connectivity index (χ0) is 21.1. The summed E-state index contributed by atoms with van der Waals surface area (Å²) in [6.45, 7) is 0.0581. The minimum absolute atomic E-state index is 0.0214. The third-order valence-electron chi connectivity index (χ3n) is 4.57. The molecule has 0 saturated heterocycles. The van der Waals surface area contributed by atoms with Gasteiger partial charge in [-0.1, -0.05) is 41.9 Å². The van der Waals surface area contributed by atoms with E-state index in [1.807, 2.05) is 24.3 Å². The van der Waals surface area contributed by atoms with Gasteiger partial charge in [0.25, 0.3) is 11.1 Å². The fourth-order valence-electron chi connectivity index (χ4n) is 3.08. The van der Waals surface area contributed by atoms with Crippen LogP contribution in [0.4, 0.5) is 5.13 Å². The van der Waals surface area contributed by atoms with Crippen LogP contribution in [-0.4, -0.2) is 20.7 Å². The van der Waals surface area contributed by atoms with Gasteiger partial charge in [-0.25, -0.2) is 9.67 Å². The number of nitrogens with zero attached hydrogens (tertiary/aromatic N) is 2. The van der Waals surface area contributed by atoms with E-state index in [0.29, 0.717) is 27.3 Å². The molecule has 30 heavy (non-hydrogen) atoms. The lowest BCUT2D eigenvalue weighted by Crippen LogP contribution is -2.31. The van der Waals surface area contributed by atoms with Crippen molar-refractivity contribution in [2.24, 2.45) is 0 Å². The largest absolute Gasteiger partial charge is 0.302 e. The van der Waals surface area contributed by atoms with Crippen molar-refractivity contribution in [2.75, 3.05) is 5.32 Å². The molecule has 2 N–H and O–H groups in total. The Morgan fingerprint density at radius 2 is 1.83 bits per heavy atom. The number of aromatic amines is 1. The maximum atomic E-state index is 12.5. The van der Waals surface area contributed by atoms with Gasteiger partial charge in [-0.05, 0) is 23.8 Å². The first kappa shape index (κ1) is 20.1. The lowest BCUT2D eigenvalue weighted by molar-refractivity contribution is -0.116. The molecule has 7 nitrogen and oxygen atoms in total. The van der Waals surface area contributed by atoms with Crippen LogP contribution in [0.15, 0.2) is 64.3 Å². The van der Waals surface area contributed by atoms with Crippen molar-refractivity contribution >= 4 is 44.7 Å². The van der Waals surface area contributed by atoms with Crippen LogP contribution in [0.3, 0.4) is 0 Å². The van der Waals surface area contributed by atoms with E-state index >= 15 is 0 Å². The first-order valence-electron chi connectivity index (χ1n) is 9.21. The molecule has 0 unspecified atom stereocenters. The zero-order valence-electron chi connectivity index (χ0n) is 15.7. The molecule has 4 aromatic rings. The maximum Gasteiger partial charge on any atom is 0.273 e. The maximum absolute atomic E-state index is 12.5. The van der Waals surface area contributed by atoms with Gasteiger partial charge in [-0.2, -0.15) is 0 Å². The van der Waals surface area contributed by atoms with Gasteiger partial charge in [0, 0.05) is 28.9 Å². The standard InChI is InChI=1S/C21H17ClN4O3S/c22-17-8-4-1-5-13(17)11-14-12-23-21(30-14)24-18(27)9-10-26-20(29)16-7-3-2-6-15(16)19(28)25-26/h1-8,12H,9-11H2,(H,25,28)(H,23,24,27). The summed E-state index contributed by atoms with van der Waals surface area (Å²) in [4.78, 5) is 42.1. The normalized spacial score (nSPS) is 11.0. The predicted molar refractivity (Wildman–Crippen MR) is 118 cm³/mol. The number of hydrogen-bond acceptors (Lipinski definition) is 5. The summed E-state index contributed by atoms with van der Waals surface area (Å²) in [5.41, 5.74) is 0.282. The number of benzene rings is 2. The van der Waals surface area contributed by atoms with E-state index in [1.165, 1.54) is 11.3 Å². The Labute approximate surface area is 180 Å². The van der Waals surface area contributed by atoms with E-state index in [4.69, 9.17) is 11.6 Å². The molecule has 0 spiro atoms. The summed E-state index contributed by atoms with van der Waals surface area (Å²) in [6.07, 6.45) is 2.35. The molecule has 152 valence electrons. The summed E-state index contributed by atoms with van der Waals surface area (Å²) in [5.74, 6) is -0.297. The fourth-order valence-corrected chi connectivity index (χ4v) is 4.13. The van der Waals surface area contributed by atoms with Gasteiger partial charge in [0.15, 0.2) is 5.13 Å². The second-order valence-electron chi connectivity index (χ2n) is 6.64. The summed E-state index contributed by atoms with van der Waals surface area (Å²) < 4.78 is 1.16. The number of carbonyl (C=O) groups is 1. The number of aromatic nitrogens is 3. The Kier molecular flexibility index (Phi) is 5.78. The van der Waals surface area contributed by atoms with Gasteiger partial charge < -0.3 is 5.32 Å². The van der Waals surface area contributed by atoms with E-state index in [1.54, 1.807) is 30.5 Å². The molecule has 2 heterocycles. The molecule has 2 aromatic heterocycles. The molecule has 0 saturated carbocycles. The van der Waals surface area contributed by atoms with Crippen LogP contribution in [-0.2, 0) is 17.8 Å². The SMILES string of the molecule is O=C(CCn1[nH]c(=O)c2ccccc2c1=O)Nc1ncc(Cc2ccccc2Cl)s1. The molecule has 0 aliphatic heterocycles. The number of rotatable bonds is 6. The van der Waals surface area contributed by atoms with Crippen molar-refractivity contribution in [3.63, 3.8) is 0 Å². The Bertz CT molecular complexity index is 1340. The van der Waals surface area contributed by atoms with Gasteiger partial charge in [0.05, 0.1) is 17.3 Å². The number of carbonyl (C=O) groups excluding carboxylic acids is 1. The Hall–Kier alpha value is -3.23. The molecule has 0 aliphatic carbocycles. The van der Waals surface area contributed by atoms with Crippen LogP contribution in [0, 0.1) is 0 Å². The summed E-state index contributed by atoms with van der Waals surface area (Å²) >= 11 is 7.55. The summed E-state index contributed by atoms with van der Waals surface area (Å²) in [6, 6.07) is 14.2. The van der Waals surface area contributed by atoms with Crippen LogP contribution in [0.25, 0.3) is 10.8 Å². The van der Waals surface area contributed by atoms with Crippen molar-refractivity contribution in [3.8, 4) is 0 Å². The molecule has 0 atom stereocenters. The molecule has 0 fully saturated rings. The highest BCUT2D eigenvalue weighted by atomic mass is 35.5. The molecule has 2 aromatic carbocycles. The first-order chi connectivity index (χ1) is 14.5. The summed E-state index contributed by atoms with van der Waals surface area (Å²) in [5, 5.41) is 7.07. The topological polar surface area (TPSA) is 96.9 Å². The minimum Gasteiger partial charge on any atom is -0.302 e. The number of amides is 1. The number of H-pyrrole nitrogens is 1. The fraction of sp³-hybridized carbons (Fsp3) is 0.143. The molecule has 0 bridgehead atoms. The first-order valence-corrected chi connectivity index (χ1v) is 10.4. The Balaban J connectivity index is 1.40. The number of thiazole rings is 1. The highest BCUT2D eigenvalue weighted by Crippen LogP contribution is 2.24. The monoisotopic (exact) mass is 440 g/mol. The van der Waals surface area contributed by atoms with Crippen LogP contribution < -0.4 is 16.4 Å². The van der Waals surface area contributed by atoms with Crippen molar-refractivity contribution < 1.29 is 4.79 Å². The van der Waals surface area contributed by atoms with Crippen molar-refractivity contribution in [1.29, 1.82) is 0 Å². The molecular weight excluding hydrogens is 424 g/mol. The third-order valence-corrected chi connectivity index (χ3v) is 5.85. The second-order valence-corrected chi connectivity index (χ2v) is 8.16. The lowest BCUT2D eigenvalue weighted by Gasteiger charge is -2.07. The number of halogens is 1.